The Morgan fingerprint density at radius 2 is 1.90 bits per heavy atom. The van der Waals surface area contributed by atoms with Crippen LogP contribution in [0.4, 0.5) is 19.0 Å². The number of carbonyl (C=O) groups is 1. The van der Waals surface area contributed by atoms with Gasteiger partial charge in [-0.1, -0.05) is 12.1 Å². The summed E-state index contributed by atoms with van der Waals surface area (Å²) in [5.41, 5.74) is 1.61. The molecule has 1 amide bonds. The monoisotopic (exact) mass is 400 g/mol. The molecule has 3 aromatic rings. The van der Waals surface area contributed by atoms with E-state index in [1.165, 1.54) is 30.3 Å². The maximum absolute atomic E-state index is 14.1. The molecule has 0 saturated heterocycles. The van der Waals surface area contributed by atoms with Gasteiger partial charge in [-0.2, -0.15) is 5.10 Å². The minimum Gasteiger partial charge on any atom is -0.305 e. The van der Waals surface area contributed by atoms with Crippen LogP contribution in [0.1, 0.15) is 41.0 Å². The van der Waals surface area contributed by atoms with Gasteiger partial charge in [-0.3, -0.25) is 14.8 Å². The summed E-state index contributed by atoms with van der Waals surface area (Å²) in [7, 11) is 0. The molecule has 29 heavy (non-hydrogen) atoms. The van der Waals surface area contributed by atoms with E-state index in [0.717, 1.165) is 17.3 Å². The van der Waals surface area contributed by atoms with Crippen molar-refractivity contribution >= 4 is 11.7 Å². The Hall–Kier alpha value is -3.13. The lowest BCUT2D eigenvalue weighted by Gasteiger charge is -2.31. The maximum atomic E-state index is 14.1. The summed E-state index contributed by atoms with van der Waals surface area (Å²) in [4.78, 5) is 14.4. The molecule has 0 unspecified atom stereocenters. The first-order valence-electron chi connectivity index (χ1n) is 9.10. The predicted molar refractivity (Wildman–Crippen MR) is 102 cm³/mol. The number of anilines is 1. The van der Waals surface area contributed by atoms with Crippen LogP contribution in [0.15, 0.2) is 42.5 Å². The van der Waals surface area contributed by atoms with Crippen LogP contribution in [-0.4, -0.2) is 21.0 Å². The number of aromatic amines is 1. The number of hydrogen-bond acceptors (Lipinski definition) is 3. The Labute approximate surface area is 165 Å². The number of rotatable bonds is 4. The van der Waals surface area contributed by atoms with Crippen molar-refractivity contribution in [1.29, 1.82) is 0 Å². The predicted octanol–water partition coefficient (Wildman–Crippen LogP) is 4.33. The van der Waals surface area contributed by atoms with Gasteiger partial charge in [0.2, 0.25) is 0 Å². The van der Waals surface area contributed by atoms with Gasteiger partial charge in [-0.05, 0) is 44.2 Å². The van der Waals surface area contributed by atoms with Crippen molar-refractivity contribution in [3.63, 3.8) is 0 Å². The quantitative estimate of drug-likeness (QED) is 0.685. The summed E-state index contributed by atoms with van der Waals surface area (Å²) < 4.78 is 40.7. The van der Waals surface area contributed by atoms with Gasteiger partial charge in [0.1, 0.15) is 5.82 Å². The van der Waals surface area contributed by atoms with E-state index >= 15 is 0 Å². The van der Waals surface area contributed by atoms with Crippen LogP contribution in [0.3, 0.4) is 0 Å². The van der Waals surface area contributed by atoms with Gasteiger partial charge in [0.05, 0.1) is 11.2 Å². The molecule has 8 heteroatoms. The van der Waals surface area contributed by atoms with E-state index in [-0.39, 0.29) is 12.1 Å². The topological polar surface area (TPSA) is 61.0 Å². The fourth-order valence-corrected chi connectivity index (χ4v) is 3.59. The lowest BCUT2D eigenvalue weighted by Crippen LogP contribution is -2.35. The Kier molecular flexibility index (Phi) is 4.66. The van der Waals surface area contributed by atoms with Gasteiger partial charge in [0.15, 0.2) is 17.5 Å². The maximum Gasteiger partial charge on any atom is 0.256 e. The number of H-pyrrole nitrogens is 1. The first-order chi connectivity index (χ1) is 13.8. The molecule has 0 spiro atoms. The fraction of sp³-hybridized carbons (Fsp3) is 0.238. The summed E-state index contributed by atoms with van der Waals surface area (Å²) in [6, 6.07) is 9.32. The fourth-order valence-electron chi connectivity index (χ4n) is 3.59. The highest BCUT2D eigenvalue weighted by Gasteiger charge is 2.41. The number of halogens is 3. The van der Waals surface area contributed by atoms with E-state index in [9.17, 15) is 18.0 Å². The number of hydrogen-bond donors (Lipinski definition) is 2. The highest BCUT2D eigenvalue weighted by molar-refractivity contribution is 6.04. The van der Waals surface area contributed by atoms with Crippen LogP contribution in [-0.2, 0) is 18.6 Å². The van der Waals surface area contributed by atoms with Crippen LogP contribution in [0.5, 0.6) is 0 Å². The number of nitrogens with one attached hydrogen (secondary N) is 2. The SMILES string of the molecule is CC1(C)c2[nH]nc(NC(=O)c3ccc(F)cc3)c2CN1Cc1cccc(F)c1F. The van der Waals surface area contributed by atoms with Crippen molar-refractivity contribution < 1.29 is 18.0 Å². The zero-order valence-corrected chi connectivity index (χ0v) is 15.9. The Balaban J connectivity index is 1.56. The van der Waals surface area contributed by atoms with E-state index in [4.69, 9.17) is 0 Å². The number of amides is 1. The van der Waals surface area contributed by atoms with E-state index in [2.05, 4.69) is 15.5 Å². The smallest absolute Gasteiger partial charge is 0.256 e. The van der Waals surface area contributed by atoms with Crippen molar-refractivity contribution in [3.05, 3.63) is 82.3 Å². The molecule has 2 aromatic carbocycles. The number of carbonyl (C=O) groups excluding carboxylic acids is 1. The third-order valence-corrected chi connectivity index (χ3v) is 5.35. The zero-order valence-electron chi connectivity index (χ0n) is 15.9. The zero-order chi connectivity index (χ0) is 20.8. The number of aromatic nitrogens is 2. The highest BCUT2D eigenvalue weighted by Crippen LogP contribution is 2.41. The highest BCUT2D eigenvalue weighted by atomic mass is 19.2. The molecule has 0 radical (unpaired) electrons. The van der Waals surface area contributed by atoms with Gasteiger partial charge in [0, 0.05) is 29.8 Å². The minimum absolute atomic E-state index is 0.199. The third-order valence-electron chi connectivity index (χ3n) is 5.35. The molecular formula is C21H19F3N4O. The lowest BCUT2D eigenvalue weighted by molar-refractivity contribution is 0.102. The molecule has 150 valence electrons. The van der Waals surface area contributed by atoms with Crippen molar-refractivity contribution in [2.45, 2.75) is 32.5 Å². The average Bonchev–Trinajstić information content (AvgIpc) is 3.18. The normalized spacial score (nSPS) is 15.3. The second-order valence-corrected chi connectivity index (χ2v) is 7.51. The molecule has 1 aliphatic rings. The van der Waals surface area contributed by atoms with Crippen molar-refractivity contribution in [3.8, 4) is 0 Å². The van der Waals surface area contributed by atoms with Crippen molar-refractivity contribution in [2.75, 3.05) is 5.32 Å². The minimum atomic E-state index is -0.882. The second-order valence-electron chi connectivity index (χ2n) is 7.51. The van der Waals surface area contributed by atoms with Crippen LogP contribution >= 0.6 is 0 Å². The molecule has 1 aromatic heterocycles. The number of fused-ring (bicyclic) bond motifs is 1. The molecule has 4 rings (SSSR count). The summed E-state index contributed by atoms with van der Waals surface area (Å²) in [5, 5.41) is 9.88. The summed E-state index contributed by atoms with van der Waals surface area (Å²) >= 11 is 0. The molecule has 0 fully saturated rings. The molecule has 0 atom stereocenters. The standard InChI is InChI=1S/C21H19F3N4O/c1-21(2)18-15(11-28(21)10-13-4-3-5-16(23)17(13)24)19(27-26-18)25-20(29)12-6-8-14(22)9-7-12/h3-9H,10-11H2,1-2H3,(H2,25,26,27,29). The first-order valence-corrected chi connectivity index (χ1v) is 9.10. The molecule has 5 nitrogen and oxygen atoms in total. The van der Waals surface area contributed by atoms with Gasteiger partial charge in [-0.25, -0.2) is 13.2 Å². The molecule has 0 saturated carbocycles. The summed E-state index contributed by atoms with van der Waals surface area (Å²) in [6.07, 6.45) is 0. The summed E-state index contributed by atoms with van der Waals surface area (Å²) in [6.45, 7) is 4.48. The van der Waals surface area contributed by atoms with E-state index in [0.29, 0.717) is 17.9 Å². The molecule has 2 N–H and O–H groups in total. The van der Waals surface area contributed by atoms with Gasteiger partial charge in [-0.15, -0.1) is 0 Å². The second kappa shape index (κ2) is 7.04. The third kappa shape index (κ3) is 3.40. The first kappa shape index (κ1) is 19.2. The Bertz CT molecular complexity index is 1080. The van der Waals surface area contributed by atoms with Gasteiger partial charge >= 0.3 is 0 Å². The molecular weight excluding hydrogens is 381 g/mol. The molecule has 1 aliphatic heterocycles. The number of nitrogens with zero attached hydrogens (tertiary/aromatic N) is 2. The molecule has 0 bridgehead atoms. The van der Waals surface area contributed by atoms with Crippen molar-refractivity contribution in [2.24, 2.45) is 0 Å². The van der Waals surface area contributed by atoms with Crippen LogP contribution in [0, 0.1) is 17.5 Å². The Morgan fingerprint density at radius 3 is 2.62 bits per heavy atom. The van der Waals surface area contributed by atoms with Crippen molar-refractivity contribution in [1.82, 2.24) is 15.1 Å². The average molecular weight is 400 g/mol. The lowest BCUT2D eigenvalue weighted by atomic mass is 10.00. The number of benzene rings is 2. The van der Waals surface area contributed by atoms with Crippen LogP contribution < -0.4 is 5.32 Å². The van der Waals surface area contributed by atoms with E-state index in [1.807, 2.05) is 18.7 Å². The van der Waals surface area contributed by atoms with Crippen LogP contribution in [0.2, 0.25) is 0 Å². The van der Waals surface area contributed by atoms with Gasteiger partial charge in [0.25, 0.3) is 5.91 Å². The van der Waals surface area contributed by atoms with E-state index < -0.39 is 28.9 Å². The van der Waals surface area contributed by atoms with Crippen LogP contribution in [0.25, 0.3) is 0 Å². The largest absolute Gasteiger partial charge is 0.305 e. The van der Waals surface area contributed by atoms with E-state index in [1.54, 1.807) is 6.07 Å². The summed E-state index contributed by atoms with van der Waals surface area (Å²) in [5.74, 6) is -2.21. The Morgan fingerprint density at radius 1 is 1.17 bits per heavy atom. The molecule has 0 aliphatic carbocycles. The molecule has 2 heterocycles. The van der Waals surface area contributed by atoms with Gasteiger partial charge < -0.3 is 5.32 Å².